The number of rotatable bonds is 4. The molecule has 1 heterocycles. The van der Waals surface area contributed by atoms with E-state index in [0.29, 0.717) is 6.42 Å². The molecule has 6 heteroatoms. The van der Waals surface area contributed by atoms with Crippen molar-refractivity contribution in [2.45, 2.75) is 18.9 Å². The summed E-state index contributed by atoms with van der Waals surface area (Å²) in [6, 6.07) is 20.0. The molecule has 0 spiro atoms. The summed E-state index contributed by atoms with van der Waals surface area (Å²) in [6.07, 6.45) is 1.36. The molecule has 0 saturated carbocycles. The van der Waals surface area contributed by atoms with Gasteiger partial charge in [0.15, 0.2) is 0 Å². The van der Waals surface area contributed by atoms with Gasteiger partial charge in [-0.05, 0) is 24.1 Å². The predicted molar refractivity (Wildman–Crippen MR) is 112 cm³/mol. The number of carbonyl (C=O) groups is 1. The Bertz CT molecular complexity index is 655. The van der Waals surface area contributed by atoms with E-state index in [1.807, 2.05) is 41.3 Å². The Balaban J connectivity index is 0.00000169. The van der Waals surface area contributed by atoms with Crippen LogP contribution in [0.3, 0.4) is 0 Å². The van der Waals surface area contributed by atoms with Crippen molar-refractivity contribution in [2.24, 2.45) is 5.73 Å². The lowest BCUT2D eigenvalue weighted by molar-refractivity contribution is -0.131. The summed E-state index contributed by atoms with van der Waals surface area (Å²) in [4.78, 5) is 16.9. The minimum Gasteiger partial charge on any atom is -0.370 e. The van der Waals surface area contributed by atoms with Gasteiger partial charge in [-0.3, -0.25) is 4.79 Å². The van der Waals surface area contributed by atoms with Crippen LogP contribution in [0.4, 0.5) is 5.69 Å². The van der Waals surface area contributed by atoms with Crippen LogP contribution in [0.15, 0.2) is 60.7 Å². The molecule has 0 bridgehead atoms. The molecule has 1 saturated heterocycles. The van der Waals surface area contributed by atoms with Crippen molar-refractivity contribution in [1.82, 2.24) is 4.90 Å². The highest BCUT2D eigenvalue weighted by Crippen LogP contribution is 2.18. The third kappa shape index (κ3) is 5.90. The van der Waals surface area contributed by atoms with E-state index in [4.69, 9.17) is 5.73 Å². The molecule has 1 fully saturated rings. The molecule has 26 heavy (non-hydrogen) atoms. The first kappa shape index (κ1) is 22.3. The van der Waals surface area contributed by atoms with Crippen LogP contribution >= 0.6 is 24.8 Å². The Morgan fingerprint density at radius 1 is 0.885 bits per heavy atom. The van der Waals surface area contributed by atoms with Gasteiger partial charge in [-0.25, -0.2) is 0 Å². The second kappa shape index (κ2) is 11.1. The van der Waals surface area contributed by atoms with Crippen molar-refractivity contribution in [3.8, 4) is 0 Å². The zero-order valence-electron chi connectivity index (χ0n) is 14.8. The van der Waals surface area contributed by atoms with E-state index in [9.17, 15) is 4.79 Å². The summed E-state index contributed by atoms with van der Waals surface area (Å²) in [5, 5.41) is 0. The van der Waals surface area contributed by atoms with Gasteiger partial charge in [0.1, 0.15) is 0 Å². The van der Waals surface area contributed by atoms with E-state index >= 15 is 0 Å². The highest BCUT2D eigenvalue weighted by Gasteiger charge is 2.21. The first-order valence-corrected chi connectivity index (χ1v) is 8.62. The number of carbonyl (C=O) groups excluding carboxylic acids is 1. The van der Waals surface area contributed by atoms with E-state index in [1.165, 1.54) is 5.69 Å². The van der Waals surface area contributed by atoms with Crippen LogP contribution in [-0.2, 0) is 4.79 Å². The fraction of sp³-hybridized carbons (Fsp3) is 0.350. The molecular formula is C20H27Cl2N3O. The summed E-state index contributed by atoms with van der Waals surface area (Å²) in [5.41, 5.74) is 8.45. The fourth-order valence-electron chi connectivity index (χ4n) is 3.20. The zero-order valence-corrected chi connectivity index (χ0v) is 16.4. The Kier molecular flexibility index (Phi) is 9.49. The SMILES string of the molecule is Cl.Cl.NC(CC(=O)N1CCCN(c2ccccc2)CC1)c1ccccc1. The third-order valence-corrected chi connectivity index (χ3v) is 4.59. The van der Waals surface area contributed by atoms with Gasteiger partial charge >= 0.3 is 0 Å². The molecule has 1 atom stereocenters. The van der Waals surface area contributed by atoms with Crippen LogP contribution in [0.5, 0.6) is 0 Å². The summed E-state index contributed by atoms with van der Waals surface area (Å²) in [6.45, 7) is 3.42. The molecule has 1 amide bonds. The molecule has 0 aromatic heterocycles. The molecule has 3 rings (SSSR count). The minimum atomic E-state index is -0.229. The fourth-order valence-corrected chi connectivity index (χ4v) is 3.20. The van der Waals surface area contributed by atoms with Crippen LogP contribution < -0.4 is 10.6 Å². The molecule has 1 unspecified atom stereocenters. The van der Waals surface area contributed by atoms with Crippen LogP contribution in [-0.4, -0.2) is 37.0 Å². The van der Waals surface area contributed by atoms with Crippen LogP contribution in [0.1, 0.15) is 24.4 Å². The normalized spacial score (nSPS) is 15.3. The number of anilines is 1. The molecule has 2 aromatic rings. The molecular weight excluding hydrogens is 369 g/mol. The number of hydrogen-bond acceptors (Lipinski definition) is 3. The van der Waals surface area contributed by atoms with Crippen molar-refractivity contribution in [1.29, 1.82) is 0 Å². The van der Waals surface area contributed by atoms with Gasteiger partial charge in [-0.15, -0.1) is 24.8 Å². The van der Waals surface area contributed by atoms with Crippen LogP contribution in [0.2, 0.25) is 0 Å². The van der Waals surface area contributed by atoms with Gasteiger partial charge in [0.25, 0.3) is 0 Å². The topological polar surface area (TPSA) is 49.6 Å². The third-order valence-electron chi connectivity index (χ3n) is 4.59. The molecule has 1 aliphatic rings. The second-order valence-corrected chi connectivity index (χ2v) is 6.28. The van der Waals surface area contributed by atoms with E-state index < -0.39 is 0 Å². The summed E-state index contributed by atoms with van der Waals surface area (Å²) in [7, 11) is 0. The first-order valence-electron chi connectivity index (χ1n) is 8.62. The Morgan fingerprint density at radius 3 is 2.15 bits per heavy atom. The maximum Gasteiger partial charge on any atom is 0.224 e. The number of hydrogen-bond donors (Lipinski definition) is 1. The molecule has 4 nitrogen and oxygen atoms in total. The summed E-state index contributed by atoms with van der Waals surface area (Å²) < 4.78 is 0. The van der Waals surface area contributed by atoms with E-state index in [0.717, 1.165) is 38.2 Å². The highest BCUT2D eigenvalue weighted by molar-refractivity contribution is 5.85. The lowest BCUT2D eigenvalue weighted by Gasteiger charge is -2.24. The van der Waals surface area contributed by atoms with Crippen molar-refractivity contribution < 1.29 is 4.79 Å². The lowest BCUT2D eigenvalue weighted by Crippen LogP contribution is -2.36. The smallest absolute Gasteiger partial charge is 0.224 e. The van der Waals surface area contributed by atoms with Gasteiger partial charge < -0.3 is 15.5 Å². The highest BCUT2D eigenvalue weighted by atomic mass is 35.5. The zero-order chi connectivity index (χ0) is 16.8. The first-order chi connectivity index (χ1) is 11.7. The van der Waals surface area contributed by atoms with Gasteiger partial charge in [0.2, 0.25) is 5.91 Å². The molecule has 1 aliphatic heterocycles. The van der Waals surface area contributed by atoms with Crippen molar-refractivity contribution in [3.63, 3.8) is 0 Å². The largest absolute Gasteiger partial charge is 0.370 e. The predicted octanol–water partition coefficient (Wildman–Crippen LogP) is 3.66. The average molecular weight is 396 g/mol. The van der Waals surface area contributed by atoms with E-state index in [-0.39, 0.29) is 36.8 Å². The van der Waals surface area contributed by atoms with Gasteiger partial charge in [0.05, 0.1) is 0 Å². The van der Waals surface area contributed by atoms with E-state index in [1.54, 1.807) is 0 Å². The number of nitrogens with zero attached hydrogens (tertiary/aromatic N) is 2. The quantitative estimate of drug-likeness (QED) is 0.858. The van der Waals surface area contributed by atoms with Crippen LogP contribution in [0, 0.1) is 0 Å². The number of halogens is 2. The Morgan fingerprint density at radius 2 is 1.50 bits per heavy atom. The van der Waals surface area contributed by atoms with Crippen molar-refractivity contribution in [2.75, 3.05) is 31.1 Å². The lowest BCUT2D eigenvalue weighted by atomic mass is 10.0. The van der Waals surface area contributed by atoms with Gasteiger partial charge in [-0.1, -0.05) is 48.5 Å². The molecule has 0 aliphatic carbocycles. The number of nitrogens with two attached hydrogens (primary N) is 1. The summed E-state index contributed by atoms with van der Waals surface area (Å²) in [5.74, 6) is 0.154. The molecule has 0 radical (unpaired) electrons. The maximum absolute atomic E-state index is 12.6. The Hall–Kier alpha value is -1.75. The monoisotopic (exact) mass is 395 g/mol. The maximum atomic E-state index is 12.6. The minimum absolute atomic E-state index is 0. The van der Waals surface area contributed by atoms with Gasteiger partial charge in [-0.2, -0.15) is 0 Å². The molecule has 2 N–H and O–H groups in total. The number of benzene rings is 2. The number of para-hydroxylation sites is 1. The number of amides is 1. The molecule has 142 valence electrons. The van der Waals surface area contributed by atoms with Crippen LogP contribution in [0.25, 0.3) is 0 Å². The van der Waals surface area contributed by atoms with Gasteiger partial charge in [0, 0.05) is 44.3 Å². The average Bonchev–Trinajstić information content (AvgIpc) is 2.89. The second-order valence-electron chi connectivity index (χ2n) is 6.28. The summed E-state index contributed by atoms with van der Waals surface area (Å²) >= 11 is 0. The standard InChI is InChI=1S/C20H25N3O.2ClH/c21-19(17-8-3-1-4-9-17)16-20(24)23-13-7-12-22(14-15-23)18-10-5-2-6-11-18;;/h1-6,8-11,19H,7,12-16,21H2;2*1H. The van der Waals surface area contributed by atoms with E-state index in [2.05, 4.69) is 29.2 Å². The Labute approximate surface area is 168 Å². The molecule has 2 aromatic carbocycles. The van der Waals surface area contributed by atoms with Crippen molar-refractivity contribution >= 4 is 36.4 Å². The van der Waals surface area contributed by atoms with Crippen molar-refractivity contribution in [3.05, 3.63) is 66.2 Å².